The van der Waals surface area contributed by atoms with Gasteiger partial charge in [-0.05, 0) is 36.8 Å². The van der Waals surface area contributed by atoms with Crippen LogP contribution in [0, 0.1) is 12.7 Å². The molecule has 0 atom stereocenters. The Kier molecular flexibility index (Phi) is 7.02. The molecule has 0 spiro atoms. The zero-order valence-corrected chi connectivity index (χ0v) is 18.1. The first-order valence-corrected chi connectivity index (χ1v) is 10.1. The molecular weight excluding hydrogens is 423 g/mol. The molecule has 7 nitrogen and oxygen atoms in total. The average molecular weight is 445 g/mol. The Bertz CT molecular complexity index is 1110. The summed E-state index contributed by atoms with van der Waals surface area (Å²) in [6, 6.07) is 8.99. The molecule has 9 heteroatoms. The third-order valence-corrected chi connectivity index (χ3v) is 4.85. The van der Waals surface area contributed by atoms with Gasteiger partial charge in [0.2, 0.25) is 5.91 Å². The Morgan fingerprint density at radius 1 is 1.23 bits per heavy atom. The Morgan fingerprint density at radius 2 is 2.00 bits per heavy atom. The molecule has 3 aromatic rings. The van der Waals surface area contributed by atoms with Crippen molar-refractivity contribution in [3.05, 3.63) is 64.2 Å². The van der Waals surface area contributed by atoms with Gasteiger partial charge in [0, 0.05) is 18.9 Å². The fourth-order valence-corrected chi connectivity index (χ4v) is 3.10. The number of carbonyl (C=O) groups excluding carboxylic acids is 2. The van der Waals surface area contributed by atoms with Crippen LogP contribution in [0.5, 0.6) is 0 Å². The number of para-hydroxylation sites is 1. The fourth-order valence-electron chi connectivity index (χ4n) is 2.85. The van der Waals surface area contributed by atoms with Crippen molar-refractivity contribution >= 4 is 29.1 Å². The molecule has 0 unspecified atom stereocenters. The Labute approximate surface area is 184 Å². The van der Waals surface area contributed by atoms with E-state index in [2.05, 4.69) is 20.8 Å². The van der Waals surface area contributed by atoms with Crippen LogP contribution in [0.15, 0.2) is 40.9 Å². The molecule has 0 saturated carbocycles. The minimum atomic E-state index is -0.531. The number of hydrogen-bond acceptors (Lipinski definition) is 5. The van der Waals surface area contributed by atoms with Gasteiger partial charge in [-0.25, -0.2) is 4.39 Å². The van der Waals surface area contributed by atoms with Crippen LogP contribution in [-0.2, 0) is 4.79 Å². The normalized spacial score (nSPS) is 10.9. The summed E-state index contributed by atoms with van der Waals surface area (Å²) in [5.74, 6) is -0.306. The van der Waals surface area contributed by atoms with Crippen molar-refractivity contribution in [1.82, 2.24) is 15.5 Å². The van der Waals surface area contributed by atoms with Crippen LogP contribution in [0.3, 0.4) is 0 Å². The highest BCUT2D eigenvalue weighted by Crippen LogP contribution is 2.30. The topological polar surface area (TPSA) is 97.1 Å². The minimum absolute atomic E-state index is 0.00632. The molecule has 2 N–H and O–H groups in total. The standard InChI is InChI=1S/C22H22ClFN4O3/c1-12(2)20-27-22(31-28-20)16-6-4-5-13(3)19(16)26-18(29)9-10-25-21(30)15-8-7-14(24)11-17(15)23/h4-8,11-12H,9-10H2,1-3H3,(H,25,30)(H,26,29). The van der Waals surface area contributed by atoms with Gasteiger partial charge >= 0.3 is 0 Å². The van der Waals surface area contributed by atoms with E-state index in [0.29, 0.717) is 23.0 Å². The number of nitrogens with zero attached hydrogens (tertiary/aromatic N) is 2. The molecule has 0 aliphatic carbocycles. The van der Waals surface area contributed by atoms with Crippen LogP contribution < -0.4 is 10.6 Å². The van der Waals surface area contributed by atoms with E-state index in [1.54, 1.807) is 6.07 Å². The van der Waals surface area contributed by atoms with Gasteiger partial charge in [0.1, 0.15) is 5.82 Å². The van der Waals surface area contributed by atoms with Crippen molar-refractivity contribution in [1.29, 1.82) is 0 Å². The molecule has 0 aliphatic rings. The first-order valence-electron chi connectivity index (χ1n) is 9.73. The second-order valence-corrected chi connectivity index (χ2v) is 7.70. The second-order valence-electron chi connectivity index (χ2n) is 7.29. The van der Waals surface area contributed by atoms with Crippen LogP contribution >= 0.6 is 11.6 Å². The molecule has 1 aromatic heterocycles. The lowest BCUT2D eigenvalue weighted by molar-refractivity contribution is -0.116. The van der Waals surface area contributed by atoms with E-state index in [-0.39, 0.29) is 35.4 Å². The van der Waals surface area contributed by atoms with Crippen molar-refractivity contribution in [3.8, 4) is 11.5 Å². The summed E-state index contributed by atoms with van der Waals surface area (Å²) in [7, 11) is 0. The number of rotatable bonds is 7. The minimum Gasteiger partial charge on any atom is -0.351 e. The zero-order valence-electron chi connectivity index (χ0n) is 17.3. The van der Waals surface area contributed by atoms with Crippen molar-refractivity contribution in [2.24, 2.45) is 0 Å². The van der Waals surface area contributed by atoms with Crippen LogP contribution in [0.4, 0.5) is 10.1 Å². The molecule has 162 valence electrons. The highest BCUT2D eigenvalue weighted by Gasteiger charge is 2.18. The molecule has 0 radical (unpaired) electrons. The average Bonchev–Trinajstić information content (AvgIpc) is 3.20. The molecule has 2 aromatic carbocycles. The van der Waals surface area contributed by atoms with Gasteiger partial charge in [-0.1, -0.05) is 42.7 Å². The van der Waals surface area contributed by atoms with Gasteiger partial charge in [-0.3, -0.25) is 9.59 Å². The predicted octanol–water partition coefficient (Wildman–Crippen LogP) is 4.72. The van der Waals surface area contributed by atoms with Crippen molar-refractivity contribution in [3.63, 3.8) is 0 Å². The molecule has 0 saturated heterocycles. The summed E-state index contributed by atoms with van der Waals surface area (Å²) in [4.78, 5) is 29.1. The second kappa shape index (κ2) is 9.70. The molecule has 0 fully saturated rings. The summed E-state index contributed by atoms with van der Waals surface area (Å²) in [6.45, 7) is 5.86. The number of benzene rings is 2. The van der Waals surface area contributed by atoms with Crippen LogP contribution in [-0.4, -0.2) is 28.5 Å². The number of aryl methyl sites for hydroxylation is 1. The first kappa shape index (κ1) is 22.4. The van der Waals surface area contributed by atoms with Crippen LogP contribution in [0.1, 0.15) is 47.9 Å². The highest BCUT2D eigenvalue weighted by molar-refractivity contribution is 6.33. The lowest BCUT2D eigenvalue weighted by Crippen LogP contribution is -2.28. The summed E-state index contributed by atoms with van der Waals surface area (Å²) in [5.41, 5.74) is 2.16. The van der Waals surface area contributed by atoms with E-state index >= 15 is 0 Å². The van der Waals surface area contributed by atoms with E-state index in [1.807, 2.05) is 32.9 Å². The van der Waals surface area contributed by atoms with E-state index in [1.165, 1.54) is 6.07 Å². The van der Waals surface area contributed by atoms with Gasteiger partial charge in [-0.2, -0.15) is 4.98 Å². The summed E-state index contributed by atoms with van der Waals surface area (Å²) < 4.78 is 18.5. The SMILES string of the molecule is Cc1cccc(-c2nc(C(C)C)no2)c1NC(=O)CCNC(=O)c1ccc(F)cc1Cl. The molecule has 0 bridgehead atoms. The molecule has 3 rings (SSSR count). The van der Waals surface area contributed by atoms with Crippen molar-refractivity contribution in [2.75, 3.05) is 11.9 Å². The maximum absolute atomic E-state index is 13.1. The molecular formula is C22H22ClFN4O3. The van der Waals surface area contributed by atoms with Crippen LogP contribution in [0.25, 0.3) is 11.5 Å². The van der Waals surface area contributed by atoms with Gasteiger partial charge in [0.05, 0.1) is 21.8 Å². The van der Waals surface area contributed by atoms with Crippen molar-refractivity contribution < 1.29 is 18.5 Å². The number of halogens is 2. The monoisotopic (exact) mass is 444 g/mol. The maximum Gasteiger partial charge on any atom is 0.260 e. The zero-order chi connectivity index (χ0) is 22.5. The molecule has 1 heterocycles. The lowest BCUT2D eigenvalue weighted by atomic mass is 10.1. The number of carbonyl (C=O) groups is 2. The lowest BCUT2D eigenvalue weighted by Gasteiger charge is -2.12. The largest absolute Gasteiger partial charge is 0.351 e. The van der Waals surface area contributed by atoms with E-state index in [0.717, 1.165) is 17.7 Å². The summed E-state index contributed by atoms with van der Waals surface area (Å²) in [6.07, 6.45) is 0.0272. The summed E-state index contributed by atoms with van der Waals surface area (Å²) >= 11 is 5.89. The summed E-state index contributed by atoms with van der Waals surface area (Å²) in [5, 5.41) is 9.44. The Balaban J connectivity index is 1.64. The number of amides is 2. The number of aromatic nitrogens is 2. The smallest absolute Gasteiger partial charge is 0.260 e. The van der Waals surface area contributed by atoms with Crippen molar-refractivity contribution in [2.45, 2.75) is 33.1 Å². The number of nitrogens with one attached hydrogen (secondary N) is 2. The number of anilines is 1. The predicted molar refractivity (Wildman–Crippen MR) is 116 cm³/mol. The Morgan fingerprint density at radius 3 is 2.68 bits per heavy atom. The number of hydrogen-bond donors (Lipinski definition) is 2. The maximum atomic E-state index is 13.1. The molecule has 2 amide bonds. The molecule has 0 aliphatic heterocycles. The highest BCUT2D eigenvalue weighted by atomic mass is 35.5. The quantitative estimate of drug-likeness (QED) is 0.549. The molecule has 31 heavy (non-hydrogen) atoms. The van der Waals surface area contributed by atoms with E-state index in [4.69, 9.17) is 16.1 Å². The third-order valence-electron chi connectivity index (χ3n) is 4.54. The van der Waals surface area contributed by atoms with Crippen LogP contribution in [0.2, 0.25) is 5.02 Å². The van der Waals surface area contributed by atoms with E-state index < -0.39 is 11.7 Å². The first-order chi connectivity index (χ1) is 14.8. The Hall–Kier alpha value is -3.26. The van der Waals surface area contributed by atoms with E-state index in [9.17, 15) is 14.0 Å². The van der Waals surface area contributed by atoms with Gasteiger partial charge in [0.25, 0.3) is 11.8 Å². The fraction of sp³-hybridized carbons (Fsp3) is 0.273. The third kappa shape index (κ3) is 5.46. The van der Waals surface area contributed by atoms with Gasteiger partial charge < -0.3 is 15.2 Å². The van der Waals surface area contributed by atoms with Gasteiger partial charge in [-0.15, -0.1) is 0 Å². The van der Waals surface area contributed by atoms with Gasteiger partial charge in [0.15, 0.2) is 5.82 Å².